The summed E-state index contributed by atoms with van der Waals surface area (Å²) in [5.74, 6) is -0.0785. The lowest BCUT2D eigenvalue weighted by Crippen LogP contribution is -2.45. The molecule has 0 heterocycles. The molecule has 0 spiro atoms. The number of aliphatic hydroxyl groups is 2. The Balaban J connectivity index is 3.43. The number of hydrogen-bond acceptors (Lipinski definition) is 5. The van der Waals surface area contributed by atoms with Gasteiger partial charge in [-0.2, -0.15) is 0 Å². The van der Waals surface area contributed by atoms with Crippen LogP contribution >= 0.6 is 0 Å². The quantitative estimate of drug-likeness (QED) is 0.0321. The molecule has 3 N–H and O–H groups in total. The SMILES string of the molecule is CCCCC/C=C\C/C=C\CCCCCCCC(=O)OCCCCCCCCCCC/C=C\C/C=C\CCCCCCCCCCCCCC(=O)NC(CO)C(O)/C=C/CCCCCCCCCC. The van der Waals surface area contributed by atoms with E-state index in [1.54, 1.807) is 6.08 Å². The number of ether oxygens (including phenoxy) is 1. The number of esters is 1. The van der Waals surface area contributed by atoms with Gasteiger partial charge < -0.3 is 20.3 Å². The monoisotopic (exact) mass is 966 g/mol. The third-order valence-electron chi connectivity index (χ3n) is 13.5. The van der Waals surface area contributed by atoms with Crippen LogP contribution in [0.15, 0.2) is 60.8 Å². The fourth-order valence-electron chi connectivity index (χ4n) is 8.87. The van der Waals surface area contributed by atoms with Crippen LogP contribution in [0.5, 0.6) is 0 Å². The first-order valence-electron chi connectivity index (χ1n) is 30.1. The molecule has 2 atom stereocenters. The van der Waals surface area contributed by atoms with Gasteiger partial charge in [-0.15, -0.1) is 0 Å². The lowest BCUT2D eigenvalue weighted by molar-refractivity contribution is -0.143. The Kier molecular flexibility index (Phi) is 56.1. The molecule has 0 rings (SSSR count). The molecule has 1 amide bonds. The third kappa shape index (κ3) is 54.7. The number of nitrogens with one attached hydrogen (secondary N) is 1. The summed E-state index contributed by atoms with van der Waals surface area (Å²) in [7, 11) is 0. The standard InChI is InChI=1S/C63H115NO5/c1-3-5-7-9-11-13-15-16-30-34-37-41-45-49-53-57-63(68)69-58-54-50-46-42-38-35-32-29-27-25-23-21-19-17-18-20-22-24-26-28-31-33-36-40-44-48-52-56-62(67)64-60(59-65)61(66)55-51-47-43-39-14-12-10-8-6-4-2/h11,13,16-18,21,23,30,51,55,60-61,65-66H,3-10,12,14-15,19-20,22,24-29,31-50,52-54,56-59H2,1-2H3,(H,64,67)/b13-11-,18-17-,23-21-,30-16-,55-51+. The van der Waals surface area contributed by atoms with Crippen molar-refractivity contribution in [2.24, 2.45) is 0 Å². The van der Waals surface area contributed by atoms with Crippen LogP contribution in [0.4, 0.5) is 0 Å². The maximum atomic E-state index is 12.4. The van der Waals surface area contributed by atoms with E-state index in [2.05, 4.69) is 67.8 Å². The van der Waals surface area contributed by atoms with Gasteiger partial charge in [-0.1, -0.05) is 254 Å². The van der Waals surface area contributed by atoms with Crippen LogP contribution in [0, 0.1) is 0 Å². The molecule has 0 aromatic rings. The molecule has 0 aromatic heterocycles. The molecule has 6 nitrogen and oxygen atoms in total. The lowest BCUT2D eigenvalue weighted by Gasteiger charge is -2.20. The topological polar surface area (TPSA) is 95.9 Å². The van der Waals surface area contributed by atoms with Crippen LogP contribution in [-0.2, 0) is 14.3 Å². The molecular formula is C63H115NO5. The summed E-state index contributed by atoms with van der Waals surface area (Å²) in [5, 5.41) is 23.0. The molecule has 0 fully saturated rings. The summed E-state index contributed by atoms with van der Waals surface area (Å²) in [6.45, 7) is 4.84. The molecule has 0 saturated carbocycles. The second kappa shape index (κ2) is 58.1. The second-order valence-corrected chi connectivity index (χ2v) is 20.3. The molecule has 0 bridgehead atoms. The molecule has 69 heavy (non-hydrogen) atoms. The van der Waals surface area contributed by atoms with Gasteiger partial charge in [0, 0.05) is 12.8 Å². The van der Waals surface area contributed by atoms with Crippen molar-refractivity contribution in [1.29, 1.82) is 0 Å². The van der Waals surface area contributed by atoms with E-state index in [9.17, 15) is 19.8 Å². The highest BCUT2D eigenvalue weighted by molar-refractivity contribution is 5.76. The zero-order valence-corrected chi connectivity index (χ0v) is 45.8. The fraction of sp³-hybridized carbons (Fsp3) is 0.810. The lowest BCUT2D eigenvalue weighted by atomic mass is 10.0. The predicted octanol–water partition coefficient (Wildman–Crippen LogP) is 18.7. The summed E-state index contributed by atoms with van der Waals surface area (Å²) in [6.07, 6.45) is 75.5. The van der Waals surface area contributed by atoms with Crippen molar-refractivity contribution in [3.8, 4) is 0 Å². The van der Waals surface area contributed by atoms with E-state index in [4.69, 9.17) is 4.74 Å². The average molecular weight is 967 g/mol. The summed E-state index contributed by atoms with van der Waals surface area (Å²) in [5.41, 5.74) is 0. The zero-order valence-electron chi connectivity index (χ0n) is 45.8. The molecule has 0 aliphatic heterocycles. The first-order chi connectivity index (χ1) is 34.0. The number of hydrogen-bond donors (Lipinski definition) is 3. The average Bonchev–Trinajstić information content (AvgIpc) is 3.35. The van der Waals surface area contributed by atoms with Gasteiger partial charge in [-0.3, -0.25) is 9.59 Å². The van der Waals surface area contributed by atoms with E-state index in [1.165, 1.54) is 218 Å². The van der Waals surface area contributed by atoms with E-state index < -0.39 is 12.1 Å². The first kappa shape index (κ1) is 66.6. The number of unbranched alkanes of at least 4 members (excludes halogenated alkanes) is 36. The van der Waals surface area contributed by atoms with Gasteiger partial charge in [-0.25, -0.2) is 0 Å². The Labute approximate surface area is 428 Å². The summed E-state index contributed by atoms with van der Waals surface area (Å²) >= 11 is 0. The van der Waals surface area contributed by atoms with Crippen molar-refractivity contribution in [3.05, 3.63) is 60.8 Å². The van der Waals surface area contributed by atoms with Crippen molar-refractivity contribution in [3.63, 3.8) is 0 Å². The molecule has 0 aliphatic carbocycles. The fourth-order valence-corrected chi connectivity index (χ4v) is 8.87. The largest absolute Gasteiger partial charge is 0.466 e. The van der Waals surface area contributed by atoms with Gasteiger partial charge in [-0.05, 0) is 96.3 Å². The van der Waals surface area contributed by atoms with Crippen molar-refractivity contribution in [2.45, 2.75) is 315 Å². The van der Waals surface area contributed by atoms with E-state index in [-0.39, 0.29) is 18.5 Å². The number of amides is 1. The number of carbonyl (C=O) groups is 2. The van der Waals surface area contributed by atoms with Gasteiger partial charge >= 0.3 is 5.97 Å². The number of aliphatic hydroxyl groups excluding tert-OH is 2. The predicted molar refractivity (Wildman–Crippen MR) is 301 cm³/mol. The summed E-state index contributed by atoms with van der Waals surface area (Å²) in [4.78, 5) is 24.4. The minimum absolute atomic E-state index is 0.00462. The van der Waals surface area contributed by atoms with Gasteiger partial charge in [0.05, 0.1) is 25.4 Å². The maximum absolute atomic E-state index is 12.4. The molecule has 0 radical (unpaired) electrons. The molecular weight excluding hydrogens is 851 g/mol. The van der Waals surface area contributed by atoms with E-state index in [0.717, 1.165) is 57.8 Å². The van der Waals surface area contributed by atoms with E-state index in [1.807, 2.05) is 6.08 Å². The van der Waals surface area contributed by atoms with Gasteiger partial charge in [0.15, 0.2) is 0 Å². The van der Waals surface area contributed by atoms with E-state index >= 15 is 0 Å². The smallest absolute Gasteiger partial charge is 0.305 e. The van der Waals surface area contributed by atoms with Gasteiger partial charge in [0.1, 0.15) is 0 Å². The van der Waals surface area contributed by atoms with E-state index in [0.29, 0.717) is 19.4 Å². The molecule has 0 aromatic carbocycles. The van der Waals surface area contributed by atoms with Crippen LogP contribution in [-0.4, -0.2) is 47.4 Å². The molecule has 2 unspecified atom stereocenters. The number of allylic oxidation sites excluding steroid dienone is 9. The Morgan fingerprint density at radius 3 is 1.13 bits per heavy atom. The number of carbonyl (C=O) groups excluding carboxylic acids is 2. The number of rotatable bonds is 55. The van der Waals surface area contributed by atoms with Crippen LogP contribution < -0.4 is 5.32 Å². The Bertz CT molecular complexity index is 1210. The molecule has 0 saturated heterocycles. The van der Waals surface area contributed by atoms with Gasteiger partial charge in [0.25, 0.3) is 0 Å². The Hall–Kier alpha value is -2.44. The Morgan fingerprint density at radius 2 is 0.725 bits per heavy atom. The molecule has 0 aliphatic rings. The summed E-state index contributed by atoms with van der Waals surface area (Å²) < 4.78 is 5.47. The van der Waals surface area contributed by atoms with Crippen molar-refractivity contribution in [1.82, 2.24) is 5.32 Å². The van der Waals surface area contributed by atoms with Gasteiger partial charge in [0.2, 0.25) is 5.91 Å². The highest BCUT2D eigenvalue weighted by Gasteiger charge is 2.18. The highest BCUT2D eigenvalue weighted by Crippen LogP contribution is 2.16. The van der Waals surface area contributed by atoms with Crippen LogP contribution in [0.3, 0.4) is 0 Å². The van der Waals surface area contributed by atoms with Crippen molar-refractivity contribution >= 4 is 11.9 Å². The zero-order chi connectivity index (χ0) is 50.0. The van der Waals surface area contributed by atoms with Crippen LogP contribution in [0.1, 0.15) is 303 Å². The molecule has 402 valence electrons. The second-order valence-electron chi connectivity index (χ2n) is 20.3. The minimum Gasteiger partial charge on any atom is -0.466 e. The third-order valence-corrected chi connectivity index (χ3v) is 13.5. The maximum Gasteiger partial charge on any atom is 0.305 e. The highest BCUT2D eigenvalue weighted by atomic mass is 16.5. The van der Waals surface area contributed by atoms with Crippen LogP contribution in [0.2, 0.25) is 0 Å². The normalized spacial score (nSPS) is 13.0. The van der Waals surface area contributed by atoms with Crippen LogP contribution in [0.25, 0.3) is 0 Å². The van der Waals surface area contributed by atoms with Crippen molar-refractivity contribution < 1.29 is 24.5 Å². The Morgan fingerprint density at radius 1 is 0.406 bits per heavy atom. The van der Waals surface area contributed by atoms with Crippen molar-refractivity contribution in [2.75, 3.05) is 13.2 Å². The minimum atomic E-state index is -0.846. The first-order valence-corrected chi connectivity index (χ1v) is 30.1. The molecule has 6 heteroatoms. The summed E-state index contributed by atoms with van der Waals surface area (Å²) in [6, 6.07) is -0.629.